The van der Waals surface area contributed by atoms with E-state index < -0.39 is 10.4 Å². The van der Waals surface area contributed by atoms with Gasteiger partial charge in [0.2, 0.25) is 0 Å². The molecule has 12 heavy (non-hydrogen) atoms. The summed E-state index contributed by atoms with van der Waals surface area (Å²) in [7, 11) is -3.37. The van der Waals surface area contributed by atoms with Crippen LogP contribution in [0.2, 0.25) is 0 Å². The van der Waals surface area contributed by atoms with Crippen LogP contribution in [0.15, 0.2) is 0 Å². The monoisotopic (exact) mass is 211 g/mol. The summed E-state index contributed by atoms with van der Waals surface area (Å²) in [4.78, 5) is 9.83. The van der Waals surface area contributed by atoms with E-state index in [4.69, 9.17) is 23.3 Å². The second kappa shape index (κ2) is 9.39. The Balaban J connectivity index is -0.000000126. The Bertz CT molecular complexity index is 187. The van der Waals surface area contributed by atoms with Crippen molar-refractivity contribution in [3.05, 3.63) is 0 Å². The Hall–Kier alpha value is 0.300. The van der Waals surface area contributed by atoms with E-state index in [-0.39, 0.29) is 42.1 Å². The fourth-order valence-electron chi connectivity index (χ4n) is 0.0833. The zero-order valence-electron chi connectivity index (χ0n) is 5.72. The maximum atomic E-state index is 9.83. The molecule has 0 amide bonds. The number of carbonyl (C=O) groups is 1. The summed E-state index contributed by atoms with van der Waals surface area (Å²) in [6.45, 7) is -0.0312. The topological polar surface area (TPSA) is 127 Å². The van der Waals surface area contributed by atoms with Crippen LogP contribution in [0.5, 0.6) is 0 Å². The third kappa shape index (κ3) is 48.2. The van der Waals surface area contributed by atoms with E-state index in [2.05, 4.69) is 4.74 Å². The SMILES string of the molecule is COC(=O)CN.O=S(=O)(O)O.[NaH]. The average molecular weight is 211 g/mol. The normalized spacial score (nSPS) is 8.67. The standard InChI is InChI=1S/C3H7NO2.Na.H2O4S.H/c1-6-3(5)2-4;;1-5(2,3)4;/h2,4H2,1H3;;(H2,1,2,3,4);. The van der Waals surface area contributed by atoms with Crippen LogP contribution in [0.1, 0.15) is 0 Å². The van der Waals surface area contributed by atoms with E-state index >= 15 is 0 Å². The van der Waals surface area contributed by atoms with Crippen LogP contribution in [0.25, 0.3) is 0 Å². The Morgan fingerprint density at radius 1 is 1.50 bits per heavy atom. The summed E-state index contributed by atoms with van der Waals surface area (Å²) >= 11 is 0. The molecule has 0 fully saturated rings. The second-order valence-electron chi connectivity index (χ2n) is 1.23. The minimum absolute atomic E-state index is 0. The molecule has 0 aliphatic rings. The number of methoxy groups -OCH3 is 1. The fourth-order valence-corrected chi connectivity index (χ4v) is 0.0833. The van der Waals surface area contributed by atoms with Crippen LogP contribution in [-0.4, -0.2) is 66.7 Å². The molecule has 9 heteroatoms. The zero-order chi connectivity index (χ0) is 9.49. The number of ether oxygens (including phenoxy) is 1. The molecule has 0 saturated heterocycles. The van der Waals surface area contributed by atoms with E-state index in [1.54, 1.807) is 0 Å². The molecule has 0 aromatic heterocycles. The van der Waals surface area contributed by atoms with Gasteiger partial charge in [0.25, 0.3) is 0 Å². The first-order chi connectivity index (χ1) is 4.81. The van der Waals surface area contributed by atoms with Gasteiger partial charge in [-0.15, -0.1) is 0 Å². The van der Waals surface area contributed by atoms with Crippen LogP contribution >= 0.6 is 0 Å². The molecule has 4 N–H and O–H groups in total. The van der Waals surface area contributed by atoms with Gasteiger partial charge < -0.3 is 10.5 Å². The van der Waals surface area contributed by atoms with Crippen LogP contribution < -0.4 is 5.73 Å². The molecule has 0 aromatic carbocycles. The van der Waals surface area contributed by atoms with Crippen LogP contribution in [-0.2, 0) is 19.9 Å². The summed E-state index contributed by atoms with van der Waals surface area (Å²) in [5, 5.41) is 0. The van der Waals surface area contributed by atoms with Gasteiger partial charge in [0.15, 0.2) is 0 Å². The van der Waals surface area contributed by atoms with Crippen molar-refractivity contribution in [2.45, 2.75) is 0 Å². The van der Waals surface area contributed by atoms with Crippen molar-refractivity contribution in [1.29, 1.82) is 0 Å². The predicted octanol–water partition coefficient (Wildman–Crippen LogP) is -2.18. The Kier molecular flexibility index (Phi) is 14.2. The van der Waals surface area contributed by atoms with Gasteiger partial charge in [-0.1, -0.05) is 0 Å². The van der Waals surface area contributed by atoms with Crippen molar-refractivity contribution in [1.82, 2.24) is 0 Å². The number of esters is 1. The van der Waals surface area contributed by atoms with Gasteiger partial charge in [0, 0.05) is 0 Å². The molecule has 0 rings (SSSR count). The number of hydrogen-bond donors (Lipinski definition) is 3. The molecule has 0 aliphatic carbocycles. The van der Waals surface area contributed by atoms with Gasteiger partial charge in [-0.05, 0) is 0 Å². The molecule has 0 spiro atoms. The Morgan fingerprint density at radius 3 is 1.75 bits per heavy atom. The van der Waals surface area contributed by atoms with E-state index in [0.717, 1.165) is 0 Å². The van der Waals surface area contributed by atoms with Crippen molar-refractivity contribution in [3.63, 3.8) is 0 Å². The summed E-state index contributed by atoms with van der Waals surface area (Å²) in [6.07, 6.45) is 0. The fraction of sp³-hybridized carbons (Fsp3) is 0.667. The quantitative estimate of drug-likeness (QED) is 0.255. The Morgan fingerprint density at radius 2 is 1.75 bits per heavy atom. The van der Waals surface area contributed by atoms with Crippen LogP contribution in [0.3, 0.4) is 0 Å². The summed E-state index contributed by atoms with van der Waals surface area (Å²) in [5.41, 5.74) is 4.81. The van der Waals surface area contributed by atoms with Crippen molar-refractivity contribution in [3.8, 4) is 0 Å². The van der Waals surface area contributed by atoms with Crippen molar-refractivity contribution in [2.75, 3.05) is 13.7 Å². The molecular weight excluding hydrogens is 201 g/mol. The maximum absolute atomic E-state index is 9.83. The van der Waals surface area contributed by atoms with Crippen molar-refractivity contribution >= 4 is 45.9 Å². The van der Waals surface area contributed by atoms with Crippen LogP contribution in [0, 0.1) is 0 Å². The molecule has 0 saturated carbocycles. The summed E-state index contributed by atoms with van der Waals surface area (Å²) < 4.78 is 35.7. The summed E-state index contributed by atoms with van der Waals surface area (Å²) in [5.74, 6) is -0.380. The molecule has 0 heterocycles. The van der Waals surface area contributed by atoms with Crippen molar-refractivity contribution in [2.24, 2.45) is 5.73 Å². The van der Waals surface area contributed by atoms with E-state index in [9.17, 15) is 4.79 Å². The first-order valence-corrected chi connectivity index (χ1v) is 3.67. The van der Waals surface area contributed by atoms with Gasteiger partial charge in [-0.25, -0.2) is 0 Å². The first-order valence-electron chi connectivity index (χ1n) is 2.28. The van der Waals surface area contributed by atoms with E-state index in [1.165, 1.54) is 7.11 Å². The van der Waals surface area contributed by atoms with Gasteiger partial charge in [-0.2, -0.15) is 8.42 Å². The average Bonchev–Trinajstić information content (AvgIpc) is 1.83. The molecule has 0 unspecified atom stereocenters. The van der Waals surface area contributed by atoms with Crippen molar-refractivity contribution < 1.29 is 27.1 Å². The third-order valence-corrected chi connectivity index (χ3v) is 0.394. The molecular formula is C3H10NNaO6S. The molecule has 0 atom stereocenters. The number of rotatable bonds is 1. The summed E-state index contributed by atoms with van der Waals surface area (Å²) in [6, 6.07) is 0. The van der Waals surface area contributed by atoms with Gasteiger partial charge in [-0.3, -0.25) is 13.9 Å². The molecule has 7 nitrogen and oxygen atoms in total. The Labute approximate surface area is 92.1 Å². The molecule has 0 radical (unpaired) electrons. The molecule has 0 aliphatic heterocycles. The molecule has 0 aromatic rings. The van der Waals surface area contributed by atoms with E-state index in [1.807, 2.05) is 0 Å². The molecule has 0 bridgehead atoms. The number of nitrogens with two attached hydrogens (primary N) is 1. The van der Waals surface area contributed by atoms with Gasteiger partial charge >= 0.3 is 45.9 Å². The minimum atomic E-state index is -4.67. The zero-order valence-corrected chi connectivity index (χ0v) is 6.54. The predicted molar refractivity (Wildman–Crippen MR) is 42.4 cm³/mol. The van der Waals surface area contributed by atoms with E-state index in [0.29, 0.717) is 0 Å². The number of hydrogen-bond acceptors (Lipinski definition) is 5. The first kappa shape index (κ1) is 18.2. The second-order valence-corrected chi connectivity index (χ2v) is 2.12. The van der Waals surface area contributed by atoms with Gasteiger partial charge in [0.1, 0.15) is 0 Å². The number of carbonyl (C=O) groups excluding carboxylic acids is 1. The third-order valence-electron chi connectivity index (χ3n) is 0.394. The van der Waals surface area contributed by atoms with Crippen LogP contribution in [0.4, 0.5) is 0 Å². The molecule has 70 valence electrons. The van der Waals surface area contributed by atoms with Gasteiger partial charge in [0.05, 0.1) is 13.7 Å².